The van der Waals surface area contributed by atoms with Crippen LogP contribution in [0.1, 0.15) is 64.5 Å². The molecule has 1 aromatic rings. The van der Waals surface area contributed by atoms with E-state index in [1.807, 2.05) is 6.07 Å². The van der Waals surface area contributed by atoms with E-state index < -0.39 is 0 Å². The first kappa shape index (κ1) is 20.3. The zero-order valence-electron chi connectivity index (χ0n) is 14.5. The average Bonchev–Trinajstić information content (AvgIpc) is 3.05. The molecule has 132 valence electrons. The SMILES string of the molecule is CCNC(=NCc1ccn[nH]1)NC(C)CCC1CCCCC1.I. The molecule has 1 unspecified atom stereocenters. The second-order valence-corrected chi connectivity index (χ2v) is 6.40. The highest BCUT2D eigenvalue weighted by atomic mass is 127. The highest BCUT2D eigenvalue weighted by molar-refractivity contribution is 14.0. The van der Waals surface area contributed by atoms with Crippen LogP contribution in [0.3, 0.4) is 0 Å². The van der Waals surface area contributed by atoms with Gasteiger partial charge in [-0.25, -0.2) is 4.99 Å². The highest BCUT2D eigenvalue weighted by Gasteiger charge is 2.15. The maximum absolute atomic E-state index is 4.61. The zero-order chi connectivity index (χ0) is 15.6. The lowest BCUT2D eigenvalue weighted by Crippen LogP contribution is -2.42. The van der Waals surface area contributed by atoms with Crippen LogP contribution < -0.4 is 10.6 Å². The summed E-state index contributed by atoms with van der Waals surface area (Å²) in [4.78, 5) is 4.61. The van der Waals surface area contributed by atoms with Crippen molar-refractivity contribution in [2.75, 3.05) is 6.54 Å². The van der Waals surface area contributed by atoms with Crippen molar-refractivity contribution >= 4 is 29.9 Å². The summed E-state index contributed by atoms with van der Waals surface area (Å²) in [6, 6.07) is 2.42. The predicted molar refractivity (Wildman–Crippen MR) is 107 cm³/mol. The maximum atomic E-state index is 4.61. The number of aliphatic imine (C=N–C) groups is 1. The molecule has 2 rings (SSSR count). The van der Waals surface area contributed by atoms with E-state index >= 15 is 0 Å². The van der Waals surface area contributed by atoms with Gasteiger partial charge >= 0.3 is 0 Å². The number of guanidine groups is 1. The molecule has 1 aliphatic carbocycles. The van der Waals surface area contributed by atoms with E-state index in [9.17, 15) is 0 Å². The van der Waals surface area contributed by atoms with Gasteiger partial charge in [0, 0.05) is 18.8 Å². The molecule has 1 aliphatic rings. The van der Waals surface area contributed by atoms with E-state index in [4.69, 9.17) is 0 Å². The van der Waals surface area contributed by atoms with Gasteiger partial charge in [-0.15, -0.1) is 24.0 Å². The number of aromatic amines is 1. The molecule has 1 atom stereocenters. The van der Waals surface area contributed by atoms with Crippen LogP contribution in [0.15, 0.2) is 17.3 Å². The number of halogens is 1. The van der Waals surface area contributed by atoms with E-state index in [-0.39, 0.29) is 24.0 Å². The van der Waals surface area contributed by atoms with Crippen LogP contribution in [-0.4, -0.2) is 28.7 Å². The minimum absolute atomic E-state index is 0. The molecule has 0 amide bonds. The summed E-state index contributed by atoms with van der Waals surface area (Å²) in [5, 5.41) is 13.7. The number of nitrogens with zero attached hydrogens (tertiary/aromatic N) is 2. The number of nitrogens with one attached hydrogen (secondary N) is 3. The van der Waals surface area contributed by atoms with Crippen molar-refractivity contribution in [1.82, 2.24) is 20.8 Å². The molecule has 1 heterocycles. The molecule has 23 heavy (non-hydrogen) atoms. The van der Waals surface area contributed by atoms with Gasteiger partial charge in [0.15, 0.2) is 5.96 Å². The lowest BCUT2D eigenvalue weighted by atomic mass is 9.85. The largest absolute Gasteiger partial charge is 0.357 e. The maximum Gasteiger partial charge on any atom is 0.191 e. The molecule has 1 aromatic heterocycles. The molecular formula is C17H32IN5. The highest BCUT2D eigenvalue weighted by Crippen LogP contribution is 2.27. The number of H-pyrrole nitrogens is 1. The Morgan fingerprint density at radius 3 is 2.83 bits per heavy atom. The quantitative estimate of drug-likeness (QED) is 0.348. The lowest BCUT2D eigenvalue weighted by molar-refractivity contribution is 0.322. The first-order chi connectivity index (χ1) is 10.8. The smallest absolute Gasteiger partial charge is 0.191 e. The number of hydrogen-bond acceptors (Lipinski definition) is 2. The molecule has 0 radical (unpaired) electrons. The molecule has 1 saturated carbocycles. The van der Waals surface area contributed by atoms with Gasteiger partial charge in [-0.3, -0.25) is 5.10 Å². The monoisotopic (exact) mass is 433 g/mol. The molecule has 5 nitrogen and oxygen atoms in total. The van der Waals surface area contributed by atoms with Crippen LogP contribution in [-0.2, 0) is 6.54 Å². The van der Waals surface area contributed by atoms with Crippen molar-refractivity contribution < 1.29 is 0 Å². The summed E-state index contributed by atoms with van der Waals surface area (Å²) < 4.78 is 0. The summed E-state index contributed by atoms with van der Waals surface area (Å²) in [5.74, 6) is 1.84. The molecule has 0 spiro atoms. The molecule has 0 aromatic carbocycles. The third kappa shape index (κ3) is 8.04. The minimum atomic E-state index is 0. The van der Waals surface area contributed by atoms with Gasteiger partial charge in [-0.05, 0) is 38.7 Å². The lowest BCUT2D eigenvalue weighted by Gasteiger charge is -2.24. The Morgan fingerprint density at radius 1 is 1.39 bits per heavy atom. The molecule has 1 fully saturated rings. The standard InChI is InChI=1S/C17H31N5.HI/c1-3-18-17(19-13-16-11-12-20-22-16)21-14(2)9-10-15-7-5-4-6-8-15;/h11-12,14-15H,3-10,13H2,1-2H3,(H,20,22)(H2,18,19,21);1H. The van der Waals surface area contributed by atoms with E-state index in [0.717, 1.165) is 24.1 Å². The van der Waals surface area contributed by atoms with Gasteiger partial charge in [0.1, 0.15) is 0 Å². The van der Waals surface area contributed by atoms with Crippen molar-refractivity contribution in [2.24, 2.45) is 10.9 Å². The van der Waals surface area contributed by atoms with Crippen LogP contribution in [0.4, 0.5) is 0 Å². The fourth-order valence-electron chi connectivity index (χ4n) is 3.12. The van der Waals surface area contributed by atoms with E-state index in [1.165, 1.54) is 44.9 Å². The second-order valence-electron chi connectivity index (χ2n) is 6.40. The summed E-state index contributed by atoms with van der Waals surface area (Å²) in [6.45, 7) is 5.86. The first-order valence-electron chi connectivity index (χ1n) is 8.81. The Morgan fingerprint density at radius 2 is 2.17 bits per heavy atom. The molecule has 3 N–H and O–H groups in total. The van der Waals surface area contributed by atoms with Gasteiger partial charge in [0.25, 0.3) is 0 Å². The van der Waals surface area contributed by atoms with Crippen LogP contribution in [0.2, 0.25) is 0 Å². The van der Waals surface area contributed by atoms with E-state index in [1.54, 1.807) is 6.20 Å². The Hall–Kier alpha value is -0.790. The third-order valence-corrected chi connectivity index (χ3v) is 4.43. The summed E-state index contributed by atoms with van der Waals surface area (Å²) >= 11 is 0. The first-order valence-corrected chi connectivity index (χ1v) is 8.81. The van der Waals surface area contributed by atoms with Crippen LogP contribution in [0.25, 0.3) is 0 Å². The molecule has 0 aliphatic heterocycles. The fourth-order valence-corrected chi connectivity index (χ4v) is 3.12. The van der Waals surface area contributed by atoms with Gasteiger partial charge in [-0.2, -0.15) is 5.10 Å². The van der Waals surface area contributed by atoms with Crippen molar-refractivity contribution in [3.8, 4) is 0 Å². The third-order valence-electron chi connectivity index (χ3n) is 4.43. The van der Waals surface area contributed by atoms with Crippen LogP contribution in [0.5, 0.6) is 0 Å². The Kier molecular flexibility index (Phi) is 10.3. The van der Waals surface area contributed by atoms with E-state index in [2.05, 4.69) is 39.7 Å². The Balaban J connectivity index is 0.00000264. The Labute approximate surface area is 157 Å². The molecule has 6 heteroatoms. The molecule has 0 bridgehead atoms. The fraction of sp³-hybridized carbons (Fsp3) is 0.765. The summed E-state index contributed by atoms with van der Waals surface area (Å²) in [6.07, 6.45) is 11.5. The summed E-state index contributed by atoms with van der Waals surface area (Å²) in [7, 11) is 0. The van der Waals surface area contributed by atoms with Crippen molar-refractivity contribution in [2.45, 2.75) is 71.4 Å². The van der Waals surface area contributed by atoms with Gasteiger partial charge in [0.05, 0.1) is 12.2 Å². The zero-order valence-corrected chi connectivity index (χ0v) is 16.8. The van der Waals surface area contributed by atoms with Crippen molar-refractivity contribution in [3.05, 3.63) is 18.0 Å². The van der Waals surface area contributed by atoms with Gasteiger partial charge in [-0.1, -0.05) is 32.1 Å². The molecule has 0 saturated heterocycles. The van der Waals surface area contributed by atoms with E-state index in [0.29, 0.717) is 12.6 Å². The minimum Gasteiger partial charge on any atom is -0.357 e. The topological polar surface area (TPSA) is 65.1 Å². The Bertz CT molecular complexity index is 426. The molecular weight excluding hydrogens is 401 g/mol. The number of rotatable bonds is 7. The van der Waals surface area contributed by atoms with Crippen LogP contribution in [0, 0.1) is 5.92 Å². The average molecular weight is 433 g/mol. The second kappa shape index (κ2) is 11.7. The van der Waals surface area contributed by atoms with Crippen molar-refractivity contribution in [1.29, 1.82) is 0 Å². The number of hydrogen-bond donors (Lipinski definition) is 3. The predicted octanol–water partition coefficient (Wildman–Crippen LogP) is 3.83. The normalized spacial score (nSPS) is 17.4. The van der Waals surface area contributed by atoms with Crippen molar-refractivity contribution in [3.63, 3.8) is 0 Å². The number of aromatic nitrogens is 2. The van der Waals surface area contributed by atoms with Gasteiger partial charge in [0.2, 0.25) is 0 Å². The van der Waals surface area contributed by atoms with Crippen LogP contribution >= 0.6 is 24.0 Å². The van der Waals surface area contributed by atoms with Gasteiger partial charge < -0.3 is 10.6 Å². The summed E-state index contributed by atoms with van der Waals surface area (Å²) in [5.41, 5.74) is 1.03.